The molecule has 0 aliphatic rings. The Labute approximate surface area is 115 Å². The molecule has 0 heterocycles. The second-order valence-electron chi connectivity index (χ2n) is 5.83. The van der Waals surface area contributed by atoms with Gasteiger partial charge in [0.2, 0.25) is 9.04 Å². The summed E-state index contributed by atoms with van der Waals surface area (Å²) >= 11 is 3.47. The molecular weight excluding hydrogens is 292 g/mol. The van der Waals surface area contributed by atoms with Crippen LogP contribution in [0.5, 0.6) is 0 Å². The van der Waals surface area contributed by atoms with Crippen molar-refractivity contribution < 1.29 is 4.43 Å². The van der Waals surface area contributed by atoms with Crippen molar-refractivity contribution in [1.29, 1.82) is 0 Å². The van der Waals surface area contributed by atoms with Gasteiger partial charge in [-0.2, -0.15) is 0 Å². The number of rotatable bonds is 4. The highest BCUT2D eigenvalue weighted by atomic mass is 79.9. The summed E-state index contributed by atoms with van der Waals surface area (Å²) in [6.45, 7) is 11.2. The number of benzene rings is 1. The maximum atomic E-state index is 6.14. The lowest BCUT2D eigenvalue weighted by atomic mass is 9.87. The Bertz CT molecular complexity index is 340. The Morgan fingerprint density at radius 2 is 1.71 bits per heavy atom. The lowest BCUT2D eigenvalue weighted by Gasteiger charge is -2.28. The Morgan fingerprint density at radius 1 is 1.18 bits per heavy atom. The average molecular weight is 314 g/mol. The lowest BCUT2D eigenvalue weighted by molar-refractivity contribution is 0.147. The zero-order chi connectivity index (χ0) is 13.1. The fourth-order valence-corrected chi connectivity index (χ4v) is 2.80. The molecule has 1 rings (SSSR count). The van der Waals surface area contributed by atoms with Crippen LogP contribution in [0.2, 0.25) is 13.1 Å². The van der Waals surface area contributed by atoms with Crippen LogP contribution in [0.25, 0.3) is 0 Å². The third kappa shape index (κ3) is 5.84. The second-order valence-corrected chi connectivity index (χ2v) is 8.80. The van der Waals surface area contributed by atoms with Crippen LogP contribution in [0.3, 0.4) is 0 Å². The molecule has 3 heteroatoms. The van der Waals surface area contributed by atoms with E-state index in [0.29, 0.717) is 0 Å². The zero-order valence-corrected chi connectivity index (χ0v) is 14.0. The summed E-state index contributed by atoms with van der Waals surface area (Å²) in [6, 6.07) is 8.49. The molecule has 0 aliphatic carbocycles. The van der Waals surface area contributed by atoms with Crippen LogP contribution in [0.4, 0.5) is 0 Å². The predicted octanol–water partition coefficient (Wildman–Crippen LogP) is 5.19. The Morgan fingerprint density at radius 3 is 2.12 bits per heavy atom. The van der Waals surface area contributed by atoms with Crippen LogP contribution < -0.4 is 0 Å². The third-order valence-electron chi connectivity index (χ3n) is 2.42. The third-order valence-corrected chi connectivity index (χ3v) is 3.70. The Balaban J connectivity index is 2.85. The Hall–Kier alpha value is -0.123. The van der Waals surface area contributed by atoms with Crippen LogP contribution in [0.1, 0.15) is 38.9 Å². The van der Waals surface area contributed by atoms with Crippen molar-refractivity contribution in [2.24, 2.45) is 5.41 Å². The van der Waals surface area contributed by atoms with Crippen LogP contribution in [-0.2, 0) is 4.43 Å². The minimum absolute atomic E-state index is 0.229. The van der Waals surface area contributed by atoms with Gasteiger partial charge in [-0.05, 0) is 42.6 Å². The molecule has 1 nitrogen and oxygen atoms in total. The number of hydrogen-bond donors (Lipinski definition) is 0. The molecule has 1 aromatic rings. The molecule has 0 amide bonds. The minimum atomic E-state index is -0.674. The zero-order valence-electron chi connectivity index (χ0n) is 11.4. The fraction of sp³-hybridized carbons (Fsp3) is 0.571. The fourth-order valence-electron chi connectivity index (χ4n) is 1.75. The van der Waals surface area contributed by atoms with Gasteiger partial charge in [-0.1, -0.05) is 48.8 Å². The van der Waals surface area contributed by atoms with Crippen molar-refractivity contribution in [2.45, 2.75) is 46.4 Å². The van der Waals surface area contributed by atoms with Gasteiger partial charge in [-0.25, -0.2) is 0 Å². The SMILES string of the molecule is C[Si](C)OC(CC(C)(C)C)c1ccc(Br)cc1. The molecule has 0 saturated carbocycles. The summed E-state index contributed by atoms with van der Waals surface area (Å²) in [5.41, 5.74) is 1.57. The van der Waals surface area contributed by atoms with E-state index in [1.807, 2.05) is 0 Å². The molecule has 0 aromatic heterocycles. The first-order valence-electron chi connectivity index (χ1n) is 6.00. The van der Waals surface area contributed by atoms with Gasteiger partial charge in [-0.3, -0.25) is 0 Å². The van der Waals surface area contributed by atoms with E-state index in [1.165, 1.54) is 5.56 Å². The molecule has 0 N–H and O–H groups in total. The summed E-state index contributed by atoms with van der Waals surface area (Å²) in [4.78, 5) is 0. The lowest BCUT2D eigenvalue weighted by Crippen LogP contribution is -2.19. The van der Waals surface area contributed by atoms with E-state index in [9.17, 15) is 0 Å². The van der Waals surface area contributed by atoms with E-state index in [0.717, 1.165) is 10.9 Å². The van der Waals surface area contributed by atoms with Gasteiger partial charge in [0.15, 0.2) is 0 Å². The normalized spacial score (nSPS) is 14.1. The van der Waals surface area contributed by atoms with Crippen molar-refractivity contribution in [1.82, 2.24) is 0 Å². The smallest absolute Gasteiger partial charge is 0.205 e. The van der Waals surface area contributed by atoms with Gasteiger partial charge in [0, 0.05) is 4.47 Å². The molecule has 1 radical (unpaired) electrons. The van der Waals surface area contributed by atoms with E-state index in [1.54, 1.807) is 0 Å². The van der Waals surface area contributed by atoms with Crippen molar-refractivity contribution in [2.75, 3.05) is 0 Å². The first-order valence-corrected chi connectivity index (χ1v) is 9.20. The van der Waals surface area contributed by atoms with Crippen molar-refractivity contribution in [3.05, 3.63) is 34.3 Å². The van der Waals surface area contributed by atoms with E-state index >= 15 is 0 Å². The van der Waals surface area contributed by atoms with Crippen LogP contribution >= 0.6 is 15.9 Å². The minimum Gasteiger partial charge on any atom is -0.410 e. The van der Waals surface area contributed by atoms with E-state index < -0.39 is 9.04 Å². The van der Waals surface area contributed by atoms with Crippen LogP contribution in [-0.4, -0.2) is 9.04 Å². The summed E-state index contributed by atoms with van der Waals surface area (Å²) in [5.74, 6) is 0. The predicted molar refractivity (Wildman–Crippen MR) is 79.5 cm³/mol. The van der Waals surface area contributed by atoms with Gasteiger partial charge in [0.1, 0.15) is 0 Å². The van der Waals surface area contributed by atoms with Crippen LogP contribution in [0.15, 0.2) is 28.7 Å². The monoisotopic (exact) mass is 313 g/mol. The summed E-state index contributed by atoms with van der Waals surface area (Å²) < 4.78 is 7.26. The molecule has 0 fully saturated rings. The largest absolute Gasteiger partial charge is 0.410 e. The van der Waals surface area contributed by atoms with E-state index in [2.05, 4.69) is 74.1 Å². The van der Waals surface area contributed by atoms with Crippen molar-refractivity contribution >= 4 is 25.0 Å². The van der Waals surface area contributed by atoms with Gasteiger partial charge >= 0.3 is 0 Å². The molecule has 1 atom stereocenters. The summed E-state index contributed by atoms with van der Waals surface area (Å²) in [6.07, 6.45) is 1.29. The maximum absolute atomic E-state index is 6.14. The van der Waals surface area contributed by atoms with Crippen molar-refractivity contribution in [3.63, 3.8) is 0 Å². The second kappa shape index (κ2) is 6.16. The topological polar surface area (TPSA) is 9.23 Å². The van der Waals surface area contributed by atoms with Gasteiger partial charge in [0.25, 0.3) is 0 Å². The molecule has 0 spiro atoms. The Kier molecular flexibility index (Phi) is 5.42. The molecule has 0 saturated heterocycles. The highest BCUT2D eigenvalue weighted by molar-refractivity contribution is 9.10. The number of hydrogen-bond acceptors (Lipinski definition) is 1. The molecule has 0 bridgehead atoms. The average Bonchev–Trinajstić information content (AvgIpc) is 2.14. The molecule has 17 heavy (non-hydrogen) atoms. The van der Waals surface area contributed by atoms with Crippen molar-refractivity contribution in [3.8, 4) is 0 Å². The first kappa shape index (κ1) is 14.9. The first-order chi connectivity index (χ1) is 7.78. The quantitative estimate of drug-likeness (QED) is 0.695. The maximum Gasteiger partial charge on any atom is 0.205 e. The highest BCUT2D eigenvalue weighted by Crippen LogP contribution is 2.33. The molecular formula is C14H22BrOSi. The standard InChI is InChI=1S/C14H22BrOSi/c1-14(2,3)10-13(16-17(4)5)11-6-8-12(15)9-7-11/h6-9,13H,10H2,1-5H3. The van der Waals surface area contributed by atoms with Gasteiger partial charge in [0.05, 0.1) is 6.10 Å². The molecule has 95 valence electrons. The van der Waals surface area contributed by atoms with E-state index in [-0.39, 0.29) is 11.5 Å². The number of halogens is 1. The highest BCUT2D eigenvalue weighted by Gasteiger charge is 2.21. The van der Waals surface area contributed by atoms with Crippen LogP contribution in [0, 0.1) is 5.41 Å². The summed E-state index contributed by atoms with van der Waals surface area (Å²) in [7, 11) is -0.674. The molecule has 1 aromatic carbocycles. The van der Waals surface area contributed by atoms with E-state index in [4.69, 9.17) is 4.43 Å². The molecule has 0 aliphatic heterocycles. The summed E-state index contributed by atoms with van der Waals surface area (Å²) in [5, 5.41) is 0. The molecule has 1 unspecified atom stereocenters. The van der Waals surface area contributed by atoms with Gasteiger partial charge < -0.3 is 4.43 Å². The van der Waals surface area contributed by atoms with Gasteiger partial charge in [-0.15, -0.1) is 0 Å².